The van der Waals surface area contributed by atoms with Gasteiger partial charge in [0.15, 0.2) is 23.1 Å². The standard InChI is InChI=1S/C25H28ClNO6/c1-3-33-25-15(26)12-14(13-20(25)32-2)22-23-16(6-4-8-18(23)28)27(11-10-21(30)31)17-7-5-9-19(29)24(17)22/h12-13,22H,3-11H2,1-2H3,(H,30,31). The van der Waals surface area contributed by atoms with Gasteiger partial charge in [-0.2, -0.15) is 0 Å². The fraction of sp³-hybridized carbons (Fsp3) is 0.480. The molecule has 8 heteroatoms. The van der Waals surface area contributed by atoms with Crippen LogP contribution in [0.5, 0.6) is 11.5 Å². The summed E-state index contributed by atoms with van der Waals surface area (Å²) < 4.78 is 11.2. The molecule has 0 radical (unpaired) electrons. The van der Waals surface area contributed by atoms with Crippen molar-refractivity contribution in [2.24, 2.45) is 0 Å². The Balaban J connectivity index is 1.93. The highest BCUT2D eigenvalue weighted by Crippen LogP contribution is 2.51. The Bertz CT molecular complexity index is 1030. The van der Waals surface area contributed by atoms with E-state index in [4.69, 9.17) is 21.1 Å². The molecule has 0 saturated carbocycles. The van der Waals surface area contributed by atoms with Crippen molar-refractivity contribution >= 4 is 29.1 Å². The van der Waals surface area contributed by atoms with E-state index in [-0.39, 0.29) is 24.5 Å². The lowest BCUT2D eigenvalue weighted by molar-refractivity contribution is -0.137. The first kappa shape index (κ1) is 23.4. The normalized spacial score (nSPS) is 18.9. The number of hydrogen-bond acceptors (Lipinski definition) is 6. The molecule has 0 atom stereocenters. The maximum atomic E-state index is 13.3. The van der Waals surface area contributed by atoms with E-state index in [1.54, 1.807) is 12.1 Å². The van der Waals surface area contributed by atoms with Crippen LogP contribution in [-0.4, -0.2) is 47.8 Å². The molecule has 0 fully saturated rings. The van der Waals surface area contributed by atoms with Crippen LogP contribution in [0.25, 0.3) is 0 Å². The van der Waals surface area contributed by atoms with Crippen molar-refractivity contribution in [1.82, 2.24) is 4.90 Å². The lowest BCUT2D eigenvalue weighted by atomic mass is 9.71. The summed E-state index contributed by atoms with van der Waals surface area (Å²) in [6.45, 7) is 2.51. The second-order valence-corrected chi connectivity index (χ2v) is 8.88. The Morgan fingerprint density at radius 2 is 1.70 bits per heavy atom. The van der Waals surface area contributed by atoms with Gasteiger partial charge in [-0.15, -0.1) is 0 Å². The van der Waals surface area contributed by atoms with Crippen molar-refractivity contribution in [1.29, 1.82) is 0 Å². The smallest absolute Gasteiger partial charge is 0.305 e. The van der Waals surface area contributed by atoms with E-state index in [0.29, 0.717) is 78.4 Å². The van der Waals surface area contributed by atoms with Crippen LogP contribution in [0, 0.1) is 0 Å². The molecule has 1 aliphatic heterocycles. The molecule has 0 amide bonds. The SMILES string of the molecule is CCOc1c(Cl)cc(C2C3=C(CCCC3=O)N(CCC(=O)O)C3=C2C(=O)CCC3)cc1OC. The fourth-order valence-electron chi connectivity index (χ4n) is 5.22. The molecule has 1 heterocycles. The Labute approximate surface area is 198 Å². The highest BCUT2D eigenvalue weighted by Gasteiger charge is 2.43. The number of benzene rings is 1. The molecular weight excluding hydrogens is 446 g/mol. The molecule has 7 nitrogen and oxygen atoms in total. The predicted octanol–water partition coefficient (Wildman–Crippen LogP) is 4.64. The Morgan fingerprint density at radius 1 is 1.09 bits per heavy atom. The van der Waals surface area contributed by atoms with Gasteiger partial charge in [0.1, 0.15) is 0 Å². The fourth-order valence-corrected chi connectivity index (χ4v) is 5.49. The Hall–Kier alpha value is -2.80. The Morgan fingerprint density at radius 3 is 2.21 bits per heavy atom. The minimum atomic E-state index is -0.909. The van der Waals surface area contributed by atoms with Gasteiger partial charge in [-0.25, -0.2) is 0 Å². The van der Waals surface area contributed by atoms with E-state index in [2.05, 4.69) is 0 Å². The summed E-state index contributed by atoms with van der Waals surface area (Å²) >= 11 is 6.56. The first-order valence-corrected chi connectivity index (χ1v) is 11.8. The predicted molar refractivity (Wildman–Crippen MR) is 123 cm³/mol. The quantitative estimate of drug-likeness (QED) is 0.616. The van der Waals surface area contributed by atoms with Crippen molar-refractivity contribution in [3.05, 3.63) is 45.3 Å². The highest BCUT2D eigenvalue weighted by molar-refractivity contribution is 6.32. The minimum Gasteiger partial charge on any atom is -0.493 e. The zero-order chi connectivity index (χ0) is 23.7. The third-order valence-electron chi connectivity index (χ3n) is 6.51. The number of ketones is 2. The topological polar surface area (TPSA) is 93.1 Å². The number of methoxy groups -OCH3 is 1. The van der Waals surface area contributed by atoms with Crippen LogP contribution in [-0.2, 0) is 14.4 Å². The summed E-state index contributed by atoms with van der Waals surface area (Å²) in [6, 6.07) is 3.55. The van der Waals surface area contributed by atoms with E-state index in [1.165, 1.54) is 7.11 Å². The second kappa shape index (κ2) is 9.59. The van der Waals surface area contributed by atoms with Crippen molar-refractivity contribution in [3.8, 4) is 11.5 Å². The van der Waals surface area contributed by atoms with Crippen molar-refractivity contribution in [3.63, 3.8) is 0 Å². The van der Waals surface area contributed by atoms with Crippen LogP contribution in [0.4, 0.5) is 0 Å². The Kier molecular flexibility index (Phi) is 6.79. The number of allylic oxidation sites excluding steroid dienone is 4. The second-order valence-electron chi connectivity index (χ2n) is 8.47. The summed E-state index contributed by atoms with van der Waals surface area (Å²) in [5.74, 6) is -0.584. The van der Waals surface area contributed by atoms with Crippen LogP contribution >= 0.6 is 11.6 Å². The van der Waals surface area contributed by atoms with Gasteiger partial charge >= 0.3 is 5.97 Å². The number of carbonyl (C=O) groups is 3. The number of Topliss-reactive ketones (excluding diaryl/α,β-unsaturated/α-hetero) is 2. The van der Waals surface area contributed by atoms with Gasteiger partial charge in [0, 0.05) is 47.8 Å². The summed E-state index contributed by atoms with van der Waals surface area (Å²) in [6.07, 6.45) is 3.49. The maximum absolute atomic E-state index is 13.3. The van der Waals surface area contributed by atoms with Crippen LogP contribution in [0.3, 0.4) is 0 Å². The van der Waals surface area contributed by atoms with E-state index in [1.807, 2.05) is 11.8 Å². The number of aliphatic carboxylic acids is 1. The monoisotopic (exact) mass is 473 g/mol. The molecule has 2 aliphatic carbocycles. The molecule has 1 aromatic carbocycles. The van der Waals surface area contributed by atoms with Crippen LogP contribution < -0.4 is 9.47 Å². The first-order chi connectivity index (χ1) is 15.9. The molecule has 0 spiro atoms. The lowest BCUT2D eigenvalue weighted by Gasteiger charge is -2.44. The van der Waals surface area contributed by atoms with E-state index < -0.39 is 11.9 Å². The van der Waals surface area contributed by atoms with Crippen LogP contribution in [0.2, 0.25) is 5.02 Å². The number of ether oxygens (including phenoxy) is 2. The summed E-state index contributed by atoms with van der Waals surface area (Å²) in [7, 11) is 1.53. The number of halogens is 1. The largest absolute Gasteiger partial charge is 0.493 e. The van der Waals surface area contributed by atoms with Gasteiger partial charge in [-0.05, 0) is 50.3 Å². The number of carboxylic acids is 1. The summed E-state index contributed by atoms with van der Waals surface area (Å²) in [4.78, 5) is 39.8. The van der Waals surface area contributed by atoms with E-state index in [9.17, 15) is 19.5 Å². The third kappa shape index (κ3) is 4.26. The lowest BCUT2D eigenvalue weighted by Crippen LogP contribution is -2.39. The molecule has 176 valence electrons. The molecule has 0 bridgehead atoms. The highest BCUT2D eigenvalue weighted by atomic mass is 35.5. The van der Waals surface area contributed by atoms with Gasteiger partial charge in [-0.1, -0.05) is 11.6 Å². The minimum absolute atomic E-state index is 0.00419. The number of hydrogen-bond donors (Lipinski definition) is 1. The molecular formula is C25H28ClNO6. The zero-order valence-corrected chi connectivity index (χ0v) is 19.7. The van der Waals surface area contributed by atoms with Gasteiger partial charge in [-0.3, -0.25) is 14.4 Å². The number of rotatable bonds is 7. The molecule has 0 saturated heterocycles. The number of nitrogens with zero attached hydrogens (tertiary/aromatic N) is 1. The summed E-state index contributed by atoms with van der Waals surface area (Å²) in [5.41, 5.74) is 3.57. The zero-order valence-electron chi connectivity index (χ0n) is 18.9. The van der Waals surface area contributed by atoms with Gasteiger partial charge < -0.3 is 19.5 Å². The molecule has 1 aromatic rings. The number of carbonyl (C=O) groups excluding carboxylic acids is 2. The van der Waals surface area contributed by atoms with Crippen molar-refractivity contribution < 1.29 is 29.0 Å². The van der Waals surface area contributed by atoms with E-state index >= 15 is 0 Å². The van der Waals surface area contributed by atoms with Gasteiger partial charge in [0.05, 0.1) is 25.2 Å². The maximum Gasteiger partial charge on any atom is 0.305 e. The van der Waals surface area contributed by atoms with Crippen LogP contribution in [0.15, 0.2) is 34.7 Å². The molecule has 3 aliphatic rings. The average Bonchev–Trinajstić information content (AvgIpc) is 2.78. The third-order valence-corrected chi connectivity index (χ3v) is 6.79. The van der Waals surface area contributed by atoms with Crippen LogP contribution in [0.1, 0.15) is 63.4 Å². The van der Waals surface area contributed by atoms with Gasteiger partial charge in [0.25, 0.3) is 0 Å². The molecule has 0 aromatic heterocycles. The van der Waals surface area contributed by atoms with Crippen molar-refractivity contribution in [2.45, 2.75) is 57.8 Å². The first-order valence-electron chi connectivity index (χ1n) is 11.4. The molecule has 0 unspecified atom stereocenters. The average molecular weight is 474 g/mol. The summed E-state index contributed by atoms with van der Waals surface area (Å²) in [5, 5.41) is 9.65. The molecule has 4 rings (SSSR count). The molecule has 1 N–H and O–H groups in total. The number of carboxylic acid groups (broad SMARTS) is 1. The van der Waals surface area contributed by atoms with E-state index in [0.717, 1.165) is 11.4 Å². The van der Waals surface area contributed by atoms with Gasteiger partial charge in [0.2, 0.25) is 0 Å². The molecule has 33 heavy (non-hydrogen) atoms. The van der Waals surface area contributed by atoms with Crippen molar-refractivity contribution in [2.75, 3.05) is 20.3 Å².